The van der Waals surface area contributed by atoms with E-state index in [0.717, 1.165) is 5.75 Å². The number of rotatable bonds is 10. The summed E-state index contributed by atoms with van der Waals surface area (Å²) >= 11 is 1.37. The smallest absolute Gasteiger partial charge is 0.192 e. The Morgan fingerprint density at radius 1 is 0.968 bits per heavy atom. The van der Waals surface area contributed by atoms with E-state index in [4.69, 9.17) is 14.2 Å². The summed E-state index contributed by atoms with van der Waals surface area (Å²) in [5.74, 6) is 2.99. The van der Waals surface area contributed by atoms with Crippen molar-refractivity contribution in [3.63, 3.8) is 0 Å². The lowest BCUT2D eigenvalue weighted by atomic mass is 10.1. The monoisotopic (exact) mass is 441 g/mol. The summed E-state index contributed by atoms with van der Waals surface area (Å²) in [6.45, 7) is 6.03. The van der Waals surface area contributed by atoms with Crippen molar-refractivity contribution < 1.29 is 19.0 Å². The molecular formula is C23H27N3O4S. The third kappa shape index (κ3) is 5.38. The second-order valence-corrected chi connectivity index (χ2v) is 8.10. The molecule has 0 aliphatic carbocycles. The average Bonchev–Trinajstić information content (AvgIpc) is 3.22. The summed E-state index contributed by atoms with van der Waals surface area (Å²) in [5, 5.41) is 9.37. The molecule has 8 heteroatoms. The Bertz CT molecular complexity index is 1020. The molecular weight excluding hydrogens is 414 g/mol. The highest BCUT2D eigenvalue weighted by Crippen LogP contribution is 2.32. The van der Waals surface area contributed by atoms with Crippen LogP contribution in [0.15, 0.2) is 53.7 Å². The zero-order chi connectivity index (χ0) is 22.4. The van der Waals surface area contributed by atoms with Gasteiger partial charge in [-0.15, -0.1) is 10.2 Å². The van der Waals surface area contributed by atoms with Crippen molar-refractivity contribution in [3.05, 3.63) is 59.9 Å². The Kier molecular flexibility index (Phi) is 7.57. The van der Waals surface area contributed by atoms with Crippen molar-refractivity contribution in [2.45, 2.75) is 38.1 Å². The number of benzene rings is 2. The molecule has 0 fully saturated rings. The van der Waals surface area contributed by atoms with Crippen molar-refractivity contribution in [1.82, 2.24) is 14.8 Å². The molecule has 1 unspecified atom stereocenters. The fourth-order valence-electron chi connectivity index (χ4n) is 3.10. The number of Topliss-reactive ketones (excluding diaryl/α,β-unsaturated/α-hetero) is 1. The van der Waals surface area contributed by atoms with Crippen LogP contribution in [0.25, 0.3) is 0 Å². The second kappa shape index (κ2) is 10.3. The molecule has 1 heterocycles. The molecule has 1 atom stereocenters. The van der Waals surface area contributed by atoms with Gasteiger partial charge in [-0.1, -0.05) is 23.9 Å². The van der Waals surface area contributed by atoms with Gasteiger partial charge in [-0.3, -0.25) is 4.79 Å². The van der Waals surface area contributed by atoms with E-state index in [0.29, 0.717) is 28.0 Å². The van der Waals surface area contributed by atoms with Crippen molar-refractivity contribution in [3.8, 4) is 17.2 Å². The van der Waals surface area contributed by atoms with E-state index in [9.17, 15) is 4.79 Å². The summed E-state index contributed by atoms with van der Waals surface area (Å²) in [6, 6.07) is 14.7. The number of carbonyl (C=O) groups is 1. The largest absolute Gasteiger partial charge is 0.497 e. The average molecular weight is 442 g/mol. The number of ketones is 1. The van der Waals surface area contributed by atoms with Crippen LogP contribution < -0.4 is 14.2 Å². The number of aromatic nitrogens is 3. The van der Waals surface area contributed by atoms with Crippen LogP contribution in [0, 0.1) is 0 Å². The number of ether oxygens (including phenoxy) is 3. The van der Waals surface area contributed by atoms with Gasteiger partial charge in [0.15, 0.2) is 34.4 Å². The van der Waals surface area contributed by atoms with Crippen LogP contribution in [0.5, 0.6) is 17.2 Å². The topological polar surface area (TPSA) is 75.5 Å². The van der Waals surface area contributed by atoms with Crippen LogP contribution >= 0.6 is 11.8 Å². The molecule has 3 aromatic rings. The van der Waals surface area contributed by atoms with Gasteiger partial charge >= 0.3 is 0 Å². The molecule has 164 valence electrons. The molecule has 0 aliphatic heterocycles. The summed E-state index contributed by atoms with van der Waals surface area (Å²) in [4.78, 5) is 12.6. The molecule has 7 nitrogen and oxygen atoms in total. The summed E-state index contributed by atoms with van der Waals surface area (Å²) in [7, 11) is 3.21. The van der Waals surface area contributed by atoms with Crippen molar-refractivity contribution >= 4 is 17.5 Å². The maximum Gasteiger partial charge on any atom is 0.192 e. The zero-order valence-electron chi connectivity index (χ0n) is 18.4. The number of methoxy groups -OCH3 is 2. The third-order valence-electron chi connectivity index (χ3n) is 4.69. The lowest BCUT2D eigenvalue weighted by Crippen LogP contribution is -2.15. The number of hydrogen-bond donors (Lipinski definition) is 0. The van der Waals surface area contributed by atoms with E-state index < -0.39 is 0 Å². The number of carbonyl (C=O) groups excluding carboxylic acids is 1. The molecule has 3 rings (SSSR count). The van der Waals surface area contributed by atoms with Crippen LogP contribution in [-0.4, -0.2) is 40.5 Å². The van der Waals surface area contributed by atoms with E-state index in [2.05, 4.69) is 24.0 Å². The molecule has 31 heavy (non-hydrogen) atoms. The molecule has 0 saturated carbocycles. The third-order valence-corrected chi connectivity index (χ3v) is 5.63. The predicted molar refractivity (Wildman–Crippen MR) is 120 cm³/mol. The standard InChI is InChI=1S/C23H27N3O4S/c1-15(2)26-22(16(3)30-21-9-7-6-8-20(21)29-5)24-25-23(26)31-14-19(27)17-10-12-18(28-4)13-11-17/h6-13,15-16H,14H2,1-5H3. The predicted octanol–water partition coefficient (Wildman–Crippen LogP) is 4.99. The highest BCUT2D eigenvalue weighted by molar-refractivity contribution is 7.99. The normalized spacial score (nSPS) is 11.9. The van der Waals surface area contributed by atoms with E-state index in [1.165, 1.54) is 11.8 Å². The van der Waals surface area contributed by atoms with Crippen LogP contribution in [0.2, 0.25) is 0 Å². The highest BCUT2D eigenvalue weighted by atomic mass is 32.2. The Hall–Kier alpha value is -3.00. The Morgan fingerprint density at radius 3 is 2.26 bits per heavy atom. The fourth-order valence-corrected chi connectivity index (χ4v) is 4.07. The van der Waals surface area contributed by atoms with Crippen LogP contribution in [0.3, 0.4) is 0 Å². The Balaban J connectivity index is 1.74. The molecule has 0 N–H and O–H groups in total. The van der Waals surface area contributed by atoms with E-state index in [-0.39, 0.29) is 23.7 Å². The van der Waals surface area contributed by atoms with E-state index in [1.54, 1.807) is 38.5 Å². The molecule has 0 spiro atoms. The maximum atomic E-state index is 12.6. The first-order valence-electron chi connectivity index (χ1n) is 9.99. The molecule has 0 radical (unpaired) electrons. The van der Waals surface area contributed by atoms with Gasteiger partial charge in [0, 0.05) is 11.6 Å². The lowest BCUT2D eigenvalue weighted by molar-refractivity contribution is 0.102. The molecule has 0 saturated heterocycles. The van der Waals surface area contributed by atoms with Crippen molar-refractivity contribution in [2.24, 2.45) is 0 Å². The van der Waals surface area contributed by atoms with Crippen LogP contribution in [0.1, 0.15) is 49.1 Å². The molecule has 2 aromatic carbocycles. The number of thioether (sulfide) groups is 1. The number of para-hydroxylation sites is 2. The first-order valence-corrected chi connectivity index (χ1v) is 11.0. The number of hydrogen-bond acceptors (Lipinski definition) is 7. The summed E-state index contributed by atoms with van der Waals surface area (Å²) < 4.78 is 18.6. The Morgan fingerprint density at radius 2 is 1.65 bits per heavy atom. The quantitative estimate of drug-likeness (QED) is 0.324. The summed E-state index contributed by atoms with van der Waals surface area (Å²) in [5.41, 5.74) is 0.636. The second-order valence-electron chi connectivity index (χ2n) is 7.16. The minimum Gasteiger partial charge on any atom is -0.497 e. The minimum atomic E-state index is -0.349. The van der Waals surface area contributed by atoms with Gasteiger partial charge in [-0.2, -0.15) is 0 Å². The van der Waals surface area contributed by atoms with Gasteiger partial charge < -0.3 is 18.8 Å². The van der Waals surface area contributed by atoms with Gasteiger partial charge in [-0.05, 0) is 57.2 Å². The van der Waals surface area contributed by atoms with E-state index in [1.807, 2.05) is 35.8 Å². The SMILES string of the molecule is COc1ccc(C(=O)CSc2nnc(C(C)Oc3ccccc3OC)n2C(C)C)cc1. The van der Waals surface area contributed by atoms with Crippen LogP contribution in [-0.2, 0) is 0 Å². The summed E-state index contributed by atoms with van der Waals surface area (Å²) in [6.07, 6.45) is -0.349. The lowest BCUT2D eigenvalue weighted by Gasteiger charge is -2.19. The van der Waals surface area contributed by atoms with Gasteiger partial charge in [0.25, 0.3) is 0 Å². The van der Waals surface area contributed by atoms with Gasteiger partial charge in [0.2, 0.25) is 0 Å². The zero-order valence-corrected chi connectivity index (χ0v) is 19.2. The van der Waals surface area contributed by atoms with Crippen LogP contribution in [0.4, 0.5) is 0 Å². The van der Waals surface area contributed by atoms with Crippen molar-refractivity contribution in [1.29, 1.82) is 0 Å². The van der Waals surface area contributed by atoms with Gasteiger partial charge in [0.05, 0.1) is 20.0 Å². The maximum absolute atomic E-state index is 12.6. The first kappa shape index (κ1) is 22.7. The molecule has 0 amide bonds. The van der Waals surface area contributed by atoms with Crippen molar-refractivity contribution in [2.75, 3.05) is 20.0 Å². The molecule has 0 bridgehead atoms. The minimum absolute atomic E-state index is 0.0193. The fraction of sp³-hybridized carbons (Fsp3) is 0.348. The first-order chi connectivity index (χ1) is 14.9. The van der Waals surface area contributed by atoms with Gasteiger partial charge in [0.1, 0.15) is 5.75 Å². The Labute approximate surface area is 186 Å². The highest BCUT2D eigenvalue weighted by Gasteiger charge is 2.23. The van der Waals surface area contributed by atoms with Gasteiger partial charge in [-0.25, -0.2) is 0 Å². The number of nitrogens with zero attached hydrogens (tertiary/aromatic N) is 3. The molecule has 0 aliphatic rings. The van der Waals surface area contributed by atoms with E-state index >= 15 is 0 Å². The molecule has 1 aromatic heterocycles.